The lowest BCUT2D eigenvalue weighted by molar-refractivity contribution is 0.569. The van der Waals surface area contributed by atoms with Crippen molar-refractivity contribution in [1.82, 2.24) is 9.13 Å². The lowest BCUT2D eigenvalue weighted by Crippen LogP contribution is -2.61. The van der Waals surface area contributed by atoms with Crippen LogP contribution in [0.1, 0.15) is 170 Å². The van der Waals surface area contributed by atoms with Crippen molar-refractivity contribution in [3.63, 3.8) is 0 Å². The van der Waals surface area contributed by atoms with E-state index in [1.54, 1.807) is 4.90 Å². The molecule has 20 rings (SSSR count). The lowest BCUT2D eigenvalue weighted by atomic mass is 9.33. The SMILES string of the molecule is [2H]c1c([2H])c([2H])c(N(c2ccccc2)c2ccc3c(c2)c2c([2H])c([2H])c([2H])c([2H])c2n3-c2cc3c4c(c2)N(c2c(-c5ccccc5)cc(C(C)(C)C)cc2-c2ccccc2)c2cc(-n5c6ccc(C(C)(C)C)cc6c6cc(C(C)(C)C)ccc65)ccc2B4c2ccc(-c4cc(C(C)(C)C)cc(C(C)(C)C)c4)cc2N3c2c(-c3ccccc3)cc(C(C)(C)C)cc2-c2ccccc2)c([2H])c1[2H]. The zero-order valence-corrected chi connectivity index (χ0v) is 75.6. The molecule has 0 amide bonds. The number of aromatic nitrogens is 2. The summed E-state index contributed by atoms with van der Waals surface area (Å²) >= 11 is 0. The number of rotatable bonds is 12. The molecular weight excluding hydrogens is 1520 g/mol. The monoisotopic (exact) mass is 1640 g/mol. The van der Waals surface area contributed by atoms with Crippen LogP contribution in [0.2, 0.25) is 0 Å². The van der Waals surface area contributed by atoms with Crippen LogP contribution in [0, 0.1) is 0 Å². The Morgan fingerprint density at radius 3 is 1.06 bits per heavy atom. The molecule has 16 aromatic carbocycles. The molecule has 0 aliphatic carbocycles. The average molecular weight is 1640 g/mol. The normalized spacial score (nSPS) is 14.1. The summed E-state index contributed by atoms with van der Waals surface area (Å²) in [6.07, 6.45) is 0. The van der Waals surface area contributed by atoms with Gasteiger partial charge in [-0.2, -0.15) is 0 Å². The topological polar surface area (TPSA) is 19.6 Å². The van der Waals surface area contributed by atoms with Gasteiger partial charge in [0.2, 0.25) is 0 Å². The third-order valence-corrected chi connectivity index (χ3v) is 26.2. The van der Waals surface area contributed by atoms with Crippen LogP contribution in [-0.2, 0) is 32.5 Å². The molecule has 6 heteroatoms. The maximum Gasteiger partial charge on any atom is 0.252 e. The number of nitrogens with zero attached hydrogens (tertiary/aromatic N) is 5. The largest absolute Gasteiger partial charge is 0.310 e. The molecular formula is C120H112BN5. The van der Waals surface area contributed by atoms with Crippen molar-refractivity contribution >= 4 is 118 Å². The molecule has 2 aliphatic rings. The van der Waals surface area contributed by atoms with Gasteiger partial charge in [-0.05, 0) is 243 Å². The Bertz CT molecular complexity index is 7640. The molecule has 126 heavy (non-hydrogen) atoms. The van der Waals surface area contributed by atoms with Crippen molar-refractivity contribution in [2.45, 2.75) is 157 Å². The van der Waals surface area contributed by atoms with Crippen LogP contribution in [0.5, 0.6) is 0 Å². The average Bonchev–Trinajstić information content (AvgIpc) is 1.49. The minimum absolute atomic E-state index is 0.0906. The number of anilines is 9. The Balaban J connectivity index is 1.02. The van der Waals surface area contributed by atoms with Gasteiger partial charge in [0.25, 0.3) is 6.71 Å². The van der Waals surface area contributed by atoms with E-state index in [0.29, 0.717) is 28.0 Å². The minimum Gasteiger partial charge on any atom is -0.310 e. The second-order valence-corrected chi connectivity index (χ2v) is 40.8. The van der Waals surface area contributed by atoms with E-state index in [0.717, 1.165) is 145 Å². The Labute approximate surface area is 758 Å². The van der Waals surface area contributed by atoms with Crippen molar-refractivity contribution in [3.8, 4) is 67.0 Å². The fourth-order valence-electron chi connectivity index (χ4n) is 19.2. The summed E-state index contributed by atoms with van der Waals surface area (Å²) in [6.45, 7) is 40.8. The van der Waals surface area contributed by atoms with E-state index in [2.05, 4.69) is 388 Å². The first kappa shape index (κ1) is 70.9. The van der Waals surface area contributed by atoms with Crippen molar-refractivity contribution < 1.29 is 12.3 Å². The second-order valence-electron chi connectivity index (χ2n) is 40.8. The van der Waals surface area contributed by atoms with Crippen LogP contribution in [0.3, 0.4) is 0 Å². The summed E-state index contributed by atoms with van der Waals surface area (Å²) in [6, 6.07) is 104. The van der Waals surface area contributed by atoms with E-state index in [1.165, 1.54) is 22.3 Å². The van der Waals surface area contributed by atoms with Gasteiger partial charge < -0.3 is 23.8 Å². The highest BCUT2D eigenvalue weighted by atomic mass is 15.2. The van der Waals surface area contributed by atoms with Crippen LogP contribution < -0.4 is 31.1 Å². The fourth-order valence-corrected chi connectivity index (χ4v) is 19.2. The molecule has 0 atom stereocenters. The molecule has 0 bridgehead atoms. The van der Waals surface area contributed by atoms with Gasteiger partial charge >= 0.3 is 0 Å². The number of fused-ring (bicyclic) bond motifs is 10. The molecule has 2 aromatic heterocycles. The lowest BCUT2D eigenvalue weighted by Gasteiger charge is -2.46. The summed E-state index contributed by atoms with van der Waals surface area (Å²) in [5.74, 6) is 0. The van der Waals surface area contributed by atoms with Gasteiger partial charge in [-0.25, -0.2) is 0 Å². The van der Waals surface area contributed by atoms with Crippen LogP contribution >= 0.6 is 0 Å². The molecule has 0 unspecified atom stereocenters. The molecule has 0 saturated carbocycles. The number of benzene rings is 16. The molecule has 0 saturated heterocycles. The van der Waals surface area contributed by atoms with Crippen molar-refractivity contribution in [2.24, 2.45) is 0 Å². The Kier molecular flexibility index (Phi) is 17.0. The van der Waals surface area contributed by atoms with Crippen LogP contribution in [0.25, 0.3) is 111 Å². The molecule has 0 radical (unpaired) electrons. The first-order valence-corrected chi connectivity index (χ1v) is 44.4. The fraction of sp³-hybridized carbons (Fsp3) is 0.200. The van der Waals surface area contributed by atoms with E-state index in [-0.39, 0.29) is 61.2 Å². The molecule has 5 nitrogen and oxygen atoms in total. The molecule has 620 valence electrons. The quantitative estimate of drug-likeness (QED) is 0.114. The molecule has 4 heterocycles. The molecule has 0 fully saturated rings. The van der Waals surface area contributed by atoms with Gasteiger partial charge in [-0.15, -0.1) is 0 Å². The standard InChI is InChI=1S/C120H112BN5/c1-115(2,3)83-54-60-105-99(67-83)100-68-84(116(4,5)6)55-61-106(100)123(105)92-56-59-103-109(74-92)126(114-97(79-43-29-21-30-44-79)71-88(120(16,17)18)72-98(114)80-45-31-22-32-46-80)111-76-93(124-104-52-38-37-51-94(104)101-73-91(57-62-107(101)124)122(89-47-33-23-34-48-89)90-49-35-24-36-50-90)75-110-112(111)121(103)102-58-53-81(82-63-85(117(7,8)9)66-86(64-82)118(10,11)12)65-108(102)125(110)113-95(77-39-25-19-26-40-77)69-87(119(13,14)15)70-96(113)78-41-27-20-28-42-78/h19-76H,1-18H3/i23D,33D,34D,37D,38D,47D,48D,51D,52D. The van der Waals surface area contributed by atoms with Crippen LogP contribution in [0.4, 0.5) is 51.2 Å². The number of hydrogen-bond acceptors (Lipinski definition) is 3. The van der Waals surface area contributed by atoms with Gasteiger partial charge in [0.05, 0.1) is 51.5 Å². The second kappa shape index (κ2) is 30.2. The summed E-state index contributed by atoms with van der Waals surface area (Å²) in [4.78, 5) is 6.80. The maximum atomic E-state index is 10.7. The van der Waals surface area contributed by atoms with Crippen LogP contribution in [0.15, 0.2) is 352 Å². The highest BCUT2D eigenvalue weighted by Gasteiger charge is 2.47. The van der Waals surface area contributed by atoms with E-state index >= 15 is 0 Å². The van der Waals surface area contributed by atoms with E-state index in [9.17, 15) is 8.22 Å². The molecule has 0 spiro atoms. The third-order valence-electron chi connectivity index (χ3n) is 26.2. The van der Waals surface area contributed by atoms with Gasteiger partial charge in [-0.3, -0.25) is 0 Å². The van der Waals surface area contributed by atoms with Crippen molar-refractivity contribution in [3.05, 3.63) is 385 Å². The zero-order chi connectivity index (χ0) is 95.2. The molecule has 0 N–H and O–H groups in total. The third kappa shape index (κ3) is 14.1. The van der Waals surface area contributed by atoms with Gasteiger partial charge in [0.15, 0.2) is 0 Å². The maximum absolute atomic E-state index is 10.7. The van der Waals surface area contributed by atoms with Gasteiger partial charge in [0.1, 0.15) is 0 Å². The predicted octanol–water partition coefficient (Wildman–Crippen LogP) is 31.6. The summed E-state index contributed by atoms with van der Waals surface area (Å²) in [7, 11) is 0. The zero-order valence-electron chi connectivity index (χ0n) is 84.6. The van der Waals surface area contributed by atoms with E-state index in [4.69, 9.17) is 4.11 Å². The Morgan fingerprint density at radius 1 is 0.246 bits per heavy atom. The van der Waals surface area contributed by atoms with Crippen LogP contribution in [-0.4, -0.2) is 15.8 Å². The smallest absolute Gasteiger partial charge is 0.252 e. The first-order valence-electron chi connectivity index (χ1n) is 48.9. The van der Waals surface area contributed by atoms with Gasteiger partial charge in [0, 0.05) is 89.3 Å². The van der Waals surface area contributed by atoms with Crippen molar-refractivity contribution in [2.75, 3.05) is 14.7 Å². The Hall–Kier alpha value is -13.4. The van der Waals surface area contributed by atoms with E-state index < -0.39 is 49.0 Å². The number of para-hydroxylation sites is 3. The predicted molar refractivity (Wildman–Crippen MR) is 543 cm³/mol. The molecule has 2 aliphatic heterocycles. The van der Waals surface area contributed by atoms with Crippen molar-refractivity contribution in [1.29, 1.82) is 0 Å². The van der Waals surface area contributed by atoms with Gasteiger partial charge in [-0.1, -0.05) is 349 Å². The first-order chi connectivity index (χ1) is 64.0. The summed E-state index contributed by atoms with van der Waals surface area (Å²) in [5, 5.41) is 2.97. The highest BCUT2D eigenvalue weighted by Crippen LogP contribution is 2.57. The minimum atomic E-state index is -0.538. The van der Waals surface area contributed by atoms with E-state index in [1.807, 2.05) is 53.1 Å². The summed E-state index contributed by atoms with van der Waals surface area (Å²) < 4.78 is 92.0. The Morgan fingerprint density at radius 2 is 0.619 bits per heavy atom. The number of hydrogen-bond donors (Lipinski definition) is 0. The molecule has 18 aromatic rings. The summed E-state index contributed by atoms with van der Waals surface area (Å²) in [5.41, 5.74) is 29.3. The highest BCUT2D eigenvalue weighted by molar-refractivity contribution is 7.00.